The Morgan fingerprint density at radius 1 is 1.41 bits per heavy atom. The van der Waals surface area contributed by atoms with E-state index in [9.17, 15) is 9.18 Å². The molecular weight excluding hydrogens is 221 g/mol. The van der Waals surface area contributed by atoms with E-state index in [2.05, 4.69) is 10.6 Å². The van der Waals surface area contributed by atoms with Crippen LogP contribution in [-0.2, 0) is 4.79 Å². The molecule has 0 saturated carbocycles. The smallest absolute Gasteiger partial charge is 0.227 e. The molecule has 0 fully saturated rings. The molecule has 4 N–H and O–H groups in total. The number of nitrogen functional groups attached to an aromatic ring is 1. The van der Waals surface area contributed by atoms with Crippen LogP contribution in [0.2, 0.25) is 0 Å². The minimum absolute atomic E-state index is 0.0747. The van der Waals surface area contributed by atoms with Crippen LogP contribution >= 0.6 is 0 Å². The van der Waals surface area contributed by atoms with Gasteiger partial charge < -0.3 is 16.4 Å². The SMILES string of the molecule is CNC(=O)C(C)(C)CNc1cc(N)cc(F)c1. The van der Waals surface area contributed by atoms with Crippen molar-refractivity contribution >= 4 is 17.3 Å². The van der Waals surface area contributed by atoms with Gasteiger partial charge in [-0.1, -0.05) is 0 Å². The van der Waals surface area contributed by atoms with E-state index >= 15 is 0 Å². The molecule has 0 aromatic heterocycles. The average Bonchev–Trinajstić information content (AvgIpc) is 2.24. The Morgan fingerprint density at radius 3 is 2.59 bits per heavy atom. The van der Waals surface area contributed by atoms with Crippen LogP contribution in [0.5, 0.6) is 0 Å². The van der Waals surface area contributed by atoms with Crippen molar-refractivity contribution < 1.29 is 9.18 Å². The fraction of sp³-hybridized carbons (Fsp3) is 0.417. The molecule has 4 nitrogen and oxygen atoms in total. The van der Waals surface area contributed by atoms with Gasteiger partial charge in [-0.3, -0.25) is 4.79 Å². The topological polar surface area (TPSA) is 67.2 Å². The molecule has 0 atom stereocenters. The molecule has 0 aliphatic rings. The molecule has 1 rings (SSSR count). The van der Waals surface area contributed by atoms with Crippen LogP contribution in [0.15, 0.2) is 18.2 Å². The van der Waals surface area contributed by atoms with E-state index in [1.807, 2.05) is 13.8 Å². The van der Waals surface area contributed by atoms with E-state index in [0.29, 0.717) is 17.9 Å². The first kappa shape index (κ1) is 13.3. The molecule has 0 unspecified atom stereocenters. The van der Waals surface area contributed by atoms with Crippen molar-refractivity contribution in [1.29, 1.82) is 0 Å². The number of nitrogens with one attached hydrogen (secondary N) is 2. The van der Waals surface area contributed by atoms with Crippen molar-refractivity contribution in [3.63, 3.8) is 0 Å². The molecule has 0 spiro atoms. The summed E-state index contributed by atoms with van der Waals surface area (Å²) in [5, 5.41) is 5.59. The van der Waals surface area contributed by atoms with Gasteiger partial charge in [0.1, 0.15) is 5.82 Å². The Morgan fingerprint density at radius 2 is 2.06 bits per heavy atom. The third-order valence-corrected chi connectivity index (χ3v) is 2.50. The van der Waals surface area contributed by atoms with Crippen molar-refractivity contribution in [2.24, 2.45) is 5.41 Å². The standard InChI is InChI=1S/C12H18FN3O/c1-12(2,11(17)15-3)7-16-10-5-8(13)4-9(14)6-10/h4-6,16H,7,14H2,1-3H3,(H,15,17). The van der Waals surface area contributed by atoms with Crippen LogP contribution in [-0.4, -0.2) is 19.5 Å². The highest BCUT2D eigenvalue weighted by Gasteiger charge is 2.26. The molecular formula is C12H18FN3O. The van der Waals surface area contributed by atoms with Gasteiger partial charge in [0.25, 0.3) is 0 Å². The summed E-state index contributed by atoms with van der Waals surface area (Å²) in [6.07, 6.45) is 0. The average molecular weight is 239 g/mol. The Labute approximate surface area is 100 Å². The van der Waals surface area contributed by atoms with E-state index in [4.69, 9.17) is 5.73 Å². The number of hydrogen-bond acceptors (Lipinski definition) is 3. The summed E-state index contributed by atoms with van der Waals surface area (Å²) in [4.78, 5) is 11.5. The van der Waals surface area contributed by atoms with Crippen molar-refractivity contribution in [2.75, 3.05) is 24.6 Å². The van der Waals surface area contributed by atoms with Gasteiger partial charge in [0, 0.05) is 25.0 Å². The third kappa shape index (κ3) is 3.62. The molecule has 17 heavy (non-hydrogen) atoms. The molecule has 1 aromatic rings. The second-order valence-electron chi connectivity index (χ2n) is 4.59. The number of benzene rings is 1. The highest BCUT2D eigenvalue weighted by Crippen LogP contribution is 2.19. The van der Waals surface area contributed by atoms with Crippen LogP contribution in [0.4, 0.5) is 15.8 Å². The highest BCUT2D eigenvalue weighted by atomic mass is 19.1. The normalized spacial score (nSPS) is 11.1. The zero-order valence-corrected chi connectivity index (χ0v) is 10.3. The molecule has 5 heteroatoms. The van der Waals surface area contributed by atoms with Gasteiger partial charge >= 0.3 is 0 Å². The monoisotopic (exact) mass is 239 g/mol. The molecule has 0 heterocycles. The highest BCUT2D eigenvalue weighted by molar-refractivity contribution is 5.82. The summed E-state index contributed by atoms with van der Waals surface area (Å²) >= 11 is 0. The zero-order chi connectivity index (χ0) is 13.1. The quantitative estimate of drug-likeness (QED) is 0.699. The molecule has 0 bridgehead atoms. The number of anilines is 2. The predicted octanol–water partition coefficient (Wildman–Crippen LogP) is 1.59. The fourth-order valence-electron chi connectivity index (χ4n) is 1.46. The van der Waals surface area contributed by atoms with Gasteiger partial charge in [0.2, 0.25) is 5.91 Å². The molecule has 0 saturated heterocycles. The second-order valence-corrected chi connectivity index (χ2v) is 4.59. The van der Waals surface area contributed by atoms with Gasteiger partial charge in [0.15, 0.2) is 0 Å². The van der Waals surface area contributed by atoms with Gasteiger partial charge in [0.05, 0.1) is 5.41 Å². The van der Waals surface area contributed by atoms with Crippen LogP contribution in [0.3, 0.4) is 0 Å². The number of rotatable bonds is 4. The van der Waals surface area contributed by atoms with Crippen LogP contribution in [0.1, 0.15) is 13.8 Å². The number of carbonyl (C=O) groups excluding carboxylic acids is 1. The van der Waals surface area contributed by atoms with Gasteiger partial charge in [-0.15, -0.1) is 0 Å². The summed E-state index contributed by atoms with van der Waals surface area (Å²) in [7, 11) is 1.59. The molecule has 0 aliphatic carbocycles. The summed E-state index contributed by atoms with van der Waals surface area (Å²) in [6.45, 7) is 4.01. The predicted molar refractivity (Wildman–Crippen MR) is 67.1 cm³/mol. The summed E-state index contributed by atoms with van der Waals surface area (Å²) in [5.41, 5.74) is 5.87. The van der Waals surface area contributed by atoms with Gasteiger partial charge in [-0.2, -0.15) is 0 Å². The Kier molecular flexibility index (Phi) is 3.93. The minimum atomic E-state index is -0.574. The molecule has 0 radical (unpaired) electrons. The maximum absolute atomic E-state index is 13.1. The fourth-order valence-corrected chi connectivity index (χ4v) is 1.46. The Bertz CT molecular complexity index is 398. The molecule has 1 aromatic carbocycles. The molecule has 94 valence electrons. The van der Waals surface area contributed by atoms with E-state index in [0.717, 1.165) is 0 Å². The van der Waals surface area contributed by atoms with Gasteiger partial charge in [-0.05, 0) is 32.0 Å². The maximum atomic E-state index is 13.1. The Balaban J connectivity index is 2.70. The lowest BCUT2D eigenvalue weighted by molar-refractivity contribution is -0.128. The maximum Gasteiger partial charge on any atom is 0.227 e. The number of nitrogens with two attached hydrogens (primary N) is 1. The lowest BCUT2D eigenvalue weighted by Crippen LogP contribution is -2.39. The molecule has 0 aliphatic heterocycles. The largest absolute Gasteiger partial charge is 0.399 e. The van der Waals surface area contributed by atoms with E-state index in [1.54, 1.807) is 13.1 Å². The van der Waals surface area contributed by atoms with Crippen LogP contribution in [0.25, 0.3) is 0 Å². The third-order valence-electron chi connectivity index (χ3n) is 2.50. The van der Waals surface area contributed by atoms with E-state index < -0.39 is 11.2 Å². The van der Waals surface area contributed by atoms with Crippen molar-refractivity contribution in [1.82, 2.24) is 5.32 Å². The minimum Gasteiger partial charge on any atom is -0.399 e. The summed E-state index contributed by atoms with van der Waals surface area (Å²) in [6, 6.07) is 4.22. The van der Waals surface area contributed by atoms with E-state index in [1.165, 1.54) is 12.1 Å². The van der Waals surface area contributed by atoms with Crippen molar-refractivity contribution in [2.45, 2.75) is 13.8 Å². The summed E-state index contributed by atoms with van der Waals surface area (Å²) in [5.74, 6) is -0.473. The number of halogens is 1. The van der Waals surface area contributed by atoms with Crippen LogP contribution < -0.4 is 16.4 Å². The number of carbonyl (C=O) groups is 1. The second kappa shape index (κ2) is 5.03. The zero-order valence-electron chi connectivity index (χ0n) is 10.3. The molecule has 1 amide bonds. The first-order valence-electron chi connectivity index (χ1n) is 5.37. The Hall–Kier alpha value is -1.78. The van der Waals surface area contributed by atoms with Crippen molar-refractivity contribution in [3.05, 3.63) is 24.0 Å². The first-order valence-corrected chi connectivity index (χ1v) is 5.37. The number of hydrogen-bond donors (Lipinski definition) is 3. The van der Waals surface area contributed by atoms with Gasteiger partial charge in [-0.25, -0.2) is 4.39 Å². The van der Waals surface area contributed by atoms with Crippen LogP contribution in [0, 0.1) is 11.2 Å². The van der Waals surface area contributed by atoms with E-state index in [-0.39, 0.29) is 5.91 Å². The van der Waals surface area contributed by atoms with Crippen molar-refractivity contribution in [3.8, 4) is 0 Å². The summed E-state index contributed by atoms with van der Waals surface area (Å²) < 4.78 is 13.1. The lowest BCUT2D eigenvalue weighted by Gasteiger charge is -2.23. The number of amides is 1. The lowest BCUT2D eigenvalue weighted by atomic mass is 9.92. The first-order chi connectivity index (χ1) is 7.85.